The fraction of sp³-hybridized carbons (Fsp3) is 0.400. The molecule has 4 rings (SSSR count). The number of nitrogens with zero attached hydrogens (tertiary/aromatic N) is 3. The van der Waals surface area contributed by atoms with Crippen molar-refractivity contribution in [2.45, 2.75) is 59.9 Å². The normalized spacial score (nSPS) is 15.0. The molecular weight excluding hydrogens is 410 g/mol. The molecule has 1 saturated carbocycles. The summed E-state index contributed by atoms with van der Waals surface area (Å²) in [5.41, 5.74) is 6.80. The molecule has 0 atom stereocenters. The first-order valence-corrected chi connectivity index (χ1v) is 11.4. The Hall–Kier alpha value is -2.66. The van der Waals surface area contributed by atoms with Gasteiger partial charge in [-0.3, -0.25) is 14.5 Å². The lowest BCUT2D eigenvalue weighted by molar-refractivity contribution is -0.113. The molecule has 2 heterocycles. The highest BCUT2D eigenvalue weighted by Gasteiger charge is 2.33. The highest BCUT2D eigenvalue weighted by Crippen LogP contribution is 2.46. The van der Waals surface area contributed by atoms with Gasteiger partial charge >= 0.3 is 0 Å². The Morgan fingerprint density at radius 2 is 1.90 bits per heavy atom. The molecule has 0 N–H and O–H groups in total. The molecule has 1 aliphatic carbocycles. The van der Waals surface area contributed by atoms with Crippen molar-refractivity contribution in [3.05, 3.63) is 63.8 Å². The van der Waals surface area contributed by atoms with Gasteiger partial charge in [-0.05, 0) is 68.4 Å². The van der Waals surface area contributed by atoms with Crippen molar-refractivity contribution in [3.8, 4) is 0 Å². The third kappa shape index (κ3) is 4.52. The Balaban J connectivity index is 0.00000132. The molecule has 1 aromatic heterocycles. The van der Waals surface area contributed by atoms with Crippen LogP contribution < -0.4 is 4.90 Å². The lowest BCUT2D eigenvalue weighted by Gasteiger charge is -2.25. The van der Waals surface area contributed by atoms with Gasteiger partial charge in [0.05, 0.1) is 5.69 Å². The molecule has 1 aromatic carbocycles. The van der Waals surface area contributed by atoms with Crippen molar-refractivity contribution in [2.75, 3.05) is 11.4 Å². The summed E-state index contributed by atoms with van der Waals surface area (Å²) >= 11 is 5.73. The molecule has 0 unspecified atom stereocenters. The van der Waals surface area contributed by atoms with Crippen LogP contribution in [0.5, 0.6) is 0 Å². The van der Waals surface area contributed by atoms with Gasteiger partial charge in [0, 0.05) is 30.3 Å². The van der Waals surface area contributed by atoms with E-state index in [-0.39, 0.29) is 11.8 Å². The van der Waals surface area contributed by atoms with Gasteiger partial charge in [-0.15, -0.1) is 0 Å². The van der Waals surface area contributed by atoms with Gasteiger partial charge in [0.2, 0.25) is 0 Å². The molecule has 164 valence electrons. The summed E-state index contributed by atoms with van der Waals surface area (Å²) < 4.78 is 0. The Morgan fingerprint density at radius 3 is 2.52 bits per heavy atom. The Labute approximate surface area is 189 Å². The number of amides is 2. The highest BCUT2D eigenvalue weighted by molar-refractivity contribution is 6.27. The molecule has 0 saturated heterocycles. The molecule has 5 nitrogen and oxygen atoms in total. The topological polar surface area (TPSA) is 53.5 Å². The van der Waals surface area contributed by atoms with Gasteiger partial charge in [-0.1, -0.05) is 37.6 Å². The molecule has 1 aliphatic heterocycles. The number of aryl methyl sites for hydroxylation is 2. The minimum atomic E-state index is -0.282. The van der Waals surface area contributed by atoms with Gasteiger partial charge in [-0.2, -0.15) is 0 Å². The maximum atomic E-state index is 13.1. The molecule has 2 aliphatic rings. The monoisotopic (exact) mass is 439 g/mol. The number of rotatable bonds is 5. The lowest BCUT2D eigenvalue weighted by atomic mass is 9.99. The first kappa shape index (κ1) is 23.0. The van der Waals surface area contributed by atoms with Crippen LogP contribution in [-0.4, -0.2) is 28.2 Å². The fourth-order valence-corrected chi connectivity index (χ4v) is 3.93. The Bertz CT molecular complexity index is 1030. The zero-order valence-corrected chi connectivity index (χ0v) is 19.7. The summed E-state index contributed by atoms with van der Waals surface area (Å²) in [5, 5.41) is 0. The summed E-state index contributed by atoms with van der Waals surface area (Å²) in [6, 6.07) is 7.92. The van der Waals surface area contributed by atoms with Crippen molar-refractivity contribution < 1.29 is 9.59 Å². The number of aromatic nitrogens is 1. The molecular formula is C25H30ClN3O2. The second-order valence-corrected chi connectivity index (χ2v) is 7.98. The Kier molecular flexibility index (Phi) is 7.16. The molecule has 1 fully saturated rings. The molecule has 0 bridgehead atoms. The van der Waals surface area contributed by atoms with Crippen molar-refractivity contribution in [3.63, 3.8) is 0 Å². The quantitative estimate of drug-likeness (QED) is 0.537. The van der Waals surface area contributed by atoms with Crippen LogP contribution in [0.15, 0.2) is 35.9 Å². The smallest absolute Gasteiger partial charge is 0.273 e. The average Bonchev–Trinajstić information content (AvgIpc) is 3.56. The molecule has 0 spiro atoms. The van der Waals surface area contributed by atoms with Crippen LogP contribution >= 0.6 is 11.6 Å². The van der Waals surface area contributed by atoms with Crippen LogP contribution in [0.3, 0.4) is 0 Å². The number of hydrogen-bond donors (Lipinski definition) is 0. The average molecular weight is 440 g/mol. The first-order valence-electron chi connectivity index (χ1n) is 11.0. The standard InChI is InChI=1S/C23H24ClN3O2.C2H6/c1-4-26-13-17-7-8-20(25-22(17)23(26)29)27(21(28)9-10-24)19-12-15(3)14(2)11-18(19)16-5-6-16;1-2/h7-12,16H,4-6,13H2,1-3H3;1-2H3/b10-9+;. The van der Waals surface area contributed by atoms with E-state index in [4.69, 9.17) is 11.6 Å². The zero-order valence-electron chi connectivity index (χ0n) is 18.9. The van der Waals surface area contributed by atoms with Crippen molar-refractivity contribution >= 4 is 34.9 Å². The van der Waals surface area contributed by atoms with Crippen LogP contribution in [0.25, 0.3) is 0 Å². The van der Waals surface area contributed by atoms with E-state index in [0.717, 1.165) is 35.2 Å². The minimum absolute atomic E-state index is 0.0906. The van der Waals surface area contributed by atoms with E-state index < -0.39 is 0 Å². The fourth-order valence-electron chi connectivity index (χ4n) is 3.82. The largest absolute Gasteiger partial charge is 0.333 e. The SMILES string of the molecule is CC.CCN1Cc2ccc(N(C(=O)/C=C/Cl)c3cc(C)c(C)cc3C3CC3)nc2C1=O. The number of fused-ring (bicyclic) bond motifs is 1. The van der Waals surface area contributed by atoms with Gasteiger partial charge < -0.3 is 4.90 Å². The number of anilines is 2. The van der Waals surface area contributed by atoms with Crippen LogP contribution in [0, 0.1) is 13.8 Å². The van der Waals surface area contributed by atoms with Gasteiger partial charge in [0.25, 0.3) is 11.8 Å². The van der Waals surface area contributed by atoms with Crippen molar-refractivity contribution in [1.82, 2.24) is 9.88 Å². The first-order chi connectivity index (χ1) is 14.9. The number of pyridine rings is 1. The van der Waals surface area contributed by atoms with Crippen LogP contribution in [0.1, 0.15) is 72.3 Å². The van der Waals surface area contributed by atoms with Crippen LogP contribution in [0.2, 0.25) is 0 Å². The van der Waals surface area contributed by atoms with E-state index in [1.54, 1.807) is 9.80 Å². The lowest BCUT2D eigenvalue weighted by Crippen LogP contribution is -2.27. The number of carbonyl (C=O) groups excluding carboxylic acids is 2. The number of halogens is 1. The zero-order chi connectivity index (χ0) is 22.7. The van der Waals surface area contributed by atoms with E-state index in [1.165, 1.54) is 17.2 Å². The molecule has 6 heteroatoms. The Morgan fingerprint density at radius 1 is 1.23 bits per heavy atom. The molecule has 31 heavy (non-hydrogen) atoms. The second kappa shape index (κ2) is 9.65. The summed E-state index contributed by atoms with van der Waals surface area (Å²) in [5.74, 6) is 0.522. The predicted molar refractivity (Wildman–Crippen MR) is 126 cm³/mol. The van der Waals surface area contributed by atoms with E-state index in [2.05, 4.69) is 18.0 Å². The highest BCUT2D eigenvalue weighted by atomic mass is 35.5. The summed E-state index contributed by atoms with van der Waals surface area (Å²) in [4.78, 5) is 33.7. The van der Waals surface area contributed by atoms with Gasteiger partial charge in [0.1, 0.15) is 11.5 Å². The van der Waals surface area contributed by atoms with Crippen molar-refractivity contribution in [2.24, 2.45) is 0 Å². The second-order valence-electron chi connectivity index (χ2n) is 7.73. The van der Waals surface area contributed by atoms with E-state index in [1.807, 2.05) is 45.9 Å². The third-order valence-electron chi connectivity index (χ3n) is 5.75. The molecule has 0 radical (unpaired) electrons. The van der Waals surface area contributed by atoms with Crippen LogP contribution in [0.4, 0.5) is 11.5 Å². The summed E-state index contributed by atoms with van der Waals surface area (Å²) in [7, 11) is 0. The van der Waals surface area contributed by atoms with E-state index in [0.29, 0.717) is 30.5 Å². The number of carbonyl (C=O) groups is 2. The summed E-state index contributed by atoms with van der Waals surface area (Å²) in [6.07, 6.45) is 3.55. The molecule has 2 amide bonds. The van der Waals surface area contributed by atoms with E-state index in [9.17, 15) is 9.59 Å². The number of benzene rings is 1. The maximum Gasteiger partial charge on any atom is 0.273 e. The van der Waals surface area contributed by atoms with Gasteiger partial charge in [0.15, 0.2) is 0 Å². The minimum Gasteiger partial charge on any atom is -0.333 e. The molecule has 2 aromatic rings. The maximum absolute atomic E-state index is 13.1. The van der Waals surface area contributed by atoms with E-state index >= 15 is 0 Å². The summed E-state index contributed by atoms with van der Waals surface area (Å²) in [6.45, 7) is 11.3. The van der Waals surface area contributed by atoms with Crippen molar-refractivity contribution in [1.29, 1.82) is 0 Å². The van der Waals surface area contributed by atoms with Gasteiger partial charge in [-0.25, -0.2) is 4.98 Å². The predicted octanol–water partition coefficient (Wildman–Crippen LogP) is 5.99. The number of hydrogen-bond acceptors (Lipinski definition) is 3. The van der Waals surface area contributed by atoms with Crippen LogP contribution in [-0.2, 0) is 11.3 Å². The third-order valence-corrected chi connectivity index (χ3v) is 5.88.